The Balaban J connectivity index is 1.41. The molecule has 0 saturated heterocycles. The van der Waals surface area contributed by atoms with E-state index in [1.54, 1.807) is 0 Å². The van der Waals surface area contributed by atoms with Crippen LogP contribution in [0.25, 0.3) is 5.57 Å². The number of para-hydroxylation sites is 1. The van der Waals surface area contributed by atoms with E-state index < -0.39 is 0 Å². The van der Waals surface area contributed by atoms with E-state index in [1.165, 1.54) is 51.3 Å². The Hall–Kier alpha value is -3.72. The fourth-order valence-electron chi connectivity index (χ4n) is 6.62. The number of aliphatic imine (C=N–C) groups is 2. The number of allylic oxidation sites excluding steroid dienone is 8. The highest BCUT2D eigenvalue weighted by molar-refractivity contribution is 6.26. The first-order valence-electron chi connectivity index (χ1n) is 13.7. The molecule has 0 radical (unpaired) electrons. The summed E-state index contributed by atoms with van der Waals surface area (Å²) in [5, 5.41) is 0. The highest BCUT2D eigenvalue weighted by atomic mass is 15.2. The van der Waals surface area contributed by atoms with Gasteiger partial charge >= 0.3 is 0 Å². The molecule has 3 nitrogen and oxygen atoms in total. The zero-order valence-corrected chi connectivity index (χ0v) is 21.9. The minimum Gasteiger partial charge on any atom is -0.313 e. The molecule has 0 spiro atoms. The van der Waals surface area contributed by atoms with Gasteiger partial charge in [-0.3, -0.25) is 4.99 Å². The van der Waals surface area contributed by atoms with Crippen molar-refractivity contribution in [3.05, 3.63) is 113 Å². The lowest BCUT2D eigenvalue weighted by atomic mass is 9.73. The lowest BCUT2D eigenvalue weighted by molar-refractivity contribution is 0.462. The molecule has 0 N–H and O–H groups in total. The summed E-state index contributed by atoms with van der Waals surface area (Å²) >= 11 is 0. The summed E-state index contributed by atoms with van der Waals surface area (Å²) in [7, 11) is 0. The molecular weight excluding hydrogens is 450 g/mol. The van der Waals surface area contributed by atoms with Crippen LogP contribution in [-0.4, -0.2) is 17.1 Å². The van der Waals surface area contributed by atoms with Crippen LogP contribution in [0.3, 0.4) is 0 Å². The fraction of sp³-hybridized carbons (Fsp3) is 0.294. The second-order valence-corrected chi connectivity index (χ2v) is 11.1. The van der Waals surface area contributed by atoms with Crippen LogP contribution < -0.4 is 4.90 Å². The van der Waals surface area contributed by atoms with E-state index in [-0.39, 0.29) is 5.54 Å². The third-order valence-corrected chi connectivity index (χ3v) is 8.61. The van der Waals surface area contributed by atoms with E-state index in [4.69, 9.17) is 9.98 Å². The molecule has 7 rings (SSSR count). The van der Waals surface area contributed by atoms with Crippen LogP contribution in [0.15, 0.2) is 112 Å². The van der Waals surface area contributed by atoms with Gasteiger partial charge in [0, 0.05) is 28.1 Å². The van der Waals surface area contributed by atoms with E-state index in [0.29, 0.717) is 11.8 Å². The summed E-state index contributed by atoms with van der Waals surface area (Å²) in [6, 6.07) is 17.8. The van der Waals surface area contributed by atoms with Crippen LogP contribution in [0, 0.1) is 11.8 Å². The van der Waals surface area contributed by atoms with Gasteiger partial charge in [0.2, 0.25) is 0 Å². The first-order chi connectivity index (χ1) is 18.1. The summed E-state index contributed by atoms with van der Waals surface area (Å²) in [5.41, 5.74) is 11.1. The van der Waals surface area contributed by atoms with Crippen molar-refractivity contribution in [1.82, 2.24) is 0 Å². The number of fused-ring (bicyclic) bond motifs is 3. The quantitative estimate of drug-likeness (QED) is 0.402. The molecule has 3 heteroatoms. The molecule has 2 aliphatic heterocycles. The van der Waals surface area contributed by atoms with E-state index in [1.807, 2.05) is 0 Å². The molecule has 3 unspecified atom stereocenters. The molecule has 2 aromatic rings. The van der Waals surface area contributed by atoms with E-state index in [9.17, 15) is 0 Å². The average molecular weight is 484 g/mol. The monoisotopic (exact) mass is 483 g/mol. The van der Waals surface area contributed by atoms with Crippen molar-refractivity contribution in [2.24, 2.45) is 21.8 Å². The van der Waals surface area contributed by atoms with Gasteiger partial charge in [0.05, 0.1) is 16.9 Å². The average Bonchev–Trinajstić information content (AvgIpc) is 3.72. The minimum absolute atomic E-state index is 0.252. The Morgan fingerprint density at radius 3 is 2.92 bits per heavy atom. The van der Waals surface area contributed by atoms with Gasteiger partial charge in [0.15, 0.2) is 5.84 Å². The van der Waals surface area contributed by atoms with E-state index in [0.717, 1.165) is 30.8 Å². The molecule has 184 valence electrons. The van der Waals surface area contributed by atoms with Crippen LogP contribution in [0.2, 0.25) is 0 Å². The fourth-order valence-corrected chi connectivity index (χ4v) is 6.62. The Morgan fingerprint density at radius 2 is 2.03 bits per heavy atom. The second-order valence-electron chi connectivity index (χ2n) is 11.1. The third kappa shape index (κ3) is 3.55. The first-order valence-corrected chi connectivity index (χ1v) is 13.7. The zero-order valence-electron chi connectivity index (χ0n) is 21.9. The van der Waals surface area contributed by atoms with Crippen molar-refractivity contribution < 1.29 is 0 Å². The number of hydrogen-bond acceptors (Lipinski definition) is 3. The number of rotatable bonds is 4. The normalized spacial score (nSPS) is 27.8. The zero-order chi connectivity index (χ0) is 25.1. The molecule has 5 aliphatic rings. The molecular formula is C34H33N3. The van der Waals surface area contributed by atoms with E-state index >= 15 is 0 Å². The number of amidine groups is 1. The summed E-state index contributed by atoms with van der Waals surface area (Å²) in [5.74, 6) is 2.25. The topological polar surface area (TPSA) is 28.0 Å². The van der Waals surface area contributed by atoms with Gasteiger partial charge in [0.1, 0.15) is 0 Å². The number of nitrogens with zero attached hydrogens (tertiary/aromatic N) is 3. The smallest absolute Gasteiger partial charge is 0.152 e. The third-order valence-electron chi connectivity index (χ3n) is 8.61. The van der Waals surface area contributed by atoms with Crippen molar-refractivity contribution in [1.29, 1.82) is 0 Å². The van der Waals surface area contributed by atoms with Crippen LogP contribution >= 0.6 is 0 Å². The van der Waals surface area contributed by atoms with Gasteiger partial charge in [-0.25, -0.2) is 4.99 Å². The maximum Gasteiger partial charge on any atom is 0.152 e. The highest BCUT2D eigenvalue weighted by Crippen LogP contribution is 2.53. The van der Waals surface area contributed by atoms with Gasteiger partial charge < -0.3 is 4.90 Å². The van der Waals surface area contributed by atoms with Crippen molar-refractivity contribution >= 4 is 28.5 Å². The molecule has 3 atom stereocenters. The Labute approximate surface area is 220 Å². The summed E-state index contributed by atoms with van der Waals surface area (Å²) in [4.78, 5) is 13.3. The Morgan fingerprint density at radius 1 is 1.14 bits per heavy atom. The molecule has 1 saturated carbocycles. The molecule has 37 heavy (non-hydrogen) atoms. The molecule has 2 heterocycles. The van der Waals surface area contributed by atoms with E-state index in [2.05, 4.69) is 111 Å². The summed E-state index contributed by atoms with van der Waals surface area (Å²) in [6.07, 6.45) is 17.6. The largest absolute Gasteiger partial charge is 0.313 e. The van der Waals surface area contributed by atoms with Gasteiger partial charge in [0.25, 0.3) is 0 Å². The SMILES string of the molecule is C/C=C\C=C(/C)c1cccc(N2C3=C4C(=NC(C5=CC=CC6CC56)=NC4(C)CCC3)c3ccccc32)c1. The number of hydrogen-bond donors (Lipinski definition) is 0. The van der Waals surface area contributed by atoms with Crippen molar-refractivity contribution in [2.75, 3.05) is 4.90 Å². The molecule has 0 amide bonds. The van der Waals surface area contributed by atoms with Gasteiger partial charge in [-0.1, -0.05) is 66.8 Å². The van der Waals surface area contributed by atoms with Crippen molar-refractivity contribution in [3.63, 3.8) is 0 Å². The lowest BCUT2D eigenvalue weighted by Crippen LogP contribution is -2.44. The Kier molecular flexibility index (Phi) is 5.11. The predicted molar refractivity (Wildman–Crippen MR) is 156 cm³/mol. The van der Waals surface area contributed by atoms with Gasteiger partial charge in [-0.2, -0.15) is 0 Å². The van der Waals surface area contributed by atoms with Gasteiger partial charge in [-0.15, -0.1) is 0 Å². The lowest BCUT2D eigenvalue weighted by Gasteiger charge is -2.46. The molecule has 0 bridgehead atoms. The van der Waals surface area contributed by atoms with Crippen molar-refractivity contribution in [3.8, 4) is 0 Å². The molecule has 0 aromatic heterocycles. The number of benzene rings is 2. The minimum atomic E-state index is -0.252. The molecule has 2 aromatic carbocycles. The molecule has 3 aliphatic carbocycles. The Bertz CT molecular complexity index is 1530. The first kappa shape index (κ1) is 22.5. The maximum atomic E-state index is 5.43. The predicted octanol–water partition coefficient (Wildman–Crippen LogP) is 8.35. The van der Waals surface area contributed by atoms with Crippen LogP contribution in [0.1, 0.15) is 57.6 Å². The maximum absolute atomic E-state index is 5.43. The van der Waals surface area contributed by atoms with Crippen molar-refractivity contribution in [2.45, 2.75) is 52.0 Å². The highest BCUT2D eigenvalue weighted by Gasteiger charge is 2.48. The number of anilines is 2. The van der Waals surface area contributed by atoms with Crippen LogP contribution in [-0.2, 0) is 0 Å². The van der Waals surface area contributed by atoms with Crippen LogP contribution in [0.5, 0.6) is 0 Å². The summed E-state index contributed by atoms with van der Waals surface area (Å²) < 4.78 is 0. The van der Waals surface area contributed by atoms with Crippen LogP contribution in [0.4, 0.5) is 11.4 Å². The summed E-state index contributed by atoms with van der Waals surface area (Å²) in [6.45, 7) is 6.58. The molecule has 1 fully saturated rings. The second kappa shape index (κ2) is 8.41. The standard InChI is InChI=1S/C34H33N3/c1-4-5-11-22(2)23-12-8-14-25(20-23)37-29-17-7-6-15-27(29)32-31-30(37)18-10-19-34(31,3)36-33(35-32)26-16-9-13-24-21-28(24)26/h4-9,11-17,20,24,28H,10,18-19,21H2,1-3H3/b5-4-,22-11+. The van der Waals surface area contributed by atoms with Gasteiger partial charge in [-0.05, 0) is 87.6 Å².